The predicted molar refractivity (Wildman–Crippen MR) is 359 cm³/mol. The summed E-state index contributed by atoms with van der Waals surface area (Å²) in [4.78, 5) is 4.78. The standard InChI is InChI=1S/C76H56N2P4/c1-5-17-69(18-6-1)79-53-13-25-73(79)59-33-45-65(46-34-59)77(66-47-35-60(36-48-66)74-26-14-54-80(74)70-19-7-2-8-20-70)63-41-29-57(30-42-63)58-31-43-64(44-32-58)78(67-49-37-61(38-50-67)75-27-15-55-81(75)71-21-9-3-10-22-71)68-51-39-62(40-52-68)76-28-16-56-82(76)72-23-11-4-12-24-72/h1-56H. The van der Waals surface area contributed by atoms with Crippen LogP contribution in [0.1, 0.15) is 0 Å². The summed E-state index contributed by atoms with van der Waals surface area (Å²) >= 11 is 0. The Balaban J connectivity index is 0.787. The fraction of sp³-hybridized carbons (Fsp3) is 0. The molecule has 4 heterocycles. The summed E-state index contributed by atoms with van der Waals surface area (Å²) in [6.07, 6.45) is 0. The highest BCUT2D eigenvalue weighted by Gasteiger charge is 2.19. The summed E-state index contributed by atoms with van der Waals surface area (Å²) in [5, 5.41) is 11.0. The highest BCUT2D eigenvalue weighted by molar-refractivity contribution is 7.60. The van der Waals surface area contributed by atoms with E-state index in [4.69, 9.17) is 0 Å². The minimum atomic E-state index is -0.551. The SMILES string of the molecule is c1ccc(-p2cccc2-c2ccc(N(c3ccc(-c4ccc(N(c5ccc(-c6cccp6-c6ccccc6)cc5)c5ccc(-c6cccp6-c6ccccc6)cc5)cc4)cc3)c3ccc(-c4cccp4-c4ccccc4)cc3)cc2)cc1. The molecule has 4 unspecified atom stereocenters. The molecule has 4 aromatic heterocycles. The van der Waals surface area contributed by atoms with Crippen LogP contribution in [0.4, 0.5) is 34.1 Å². The van der Waals surface area contributed by atoms with Crippen molar-refractivity contribution in [2.45, 2.75) is 0 Å². The van der Waals surface area contributed by atoms with Gasteiger partial charge in [-0.3, -0.25) is 0 Å². The van der Waals surface area contributed by atoms with Gasteiger partial charge in [0.25, 0.3) is 0 Å². The smallest absolute Gasteiger partial charge is 0.0462 e. The van der Waals surface area contributed by atoms with Gasteiger partial charge in [-0.1, -0.05) is 249 Å². The van der Waals surface area contributed by atoms with Crippen LogP contribution < -0.4 is 9.80 Å². The highest BCUT2D eigenvalue weighted by atomic mass is 31.1. The molecule has 14 aromatic rings. The average molecular weight is 1120 g/mol. The van der Waals surface area contributed by atoms with Crippen LogP contribution in [0.15, 0.2) is 339 Å². The molecule has 14 rings (SSSR count). The maximum absolute atomic E-state index is 2.39. The lowest BCUT2D eigenvalue weighted by atomic mass is 10.0. The van der Waals surface area contributed by atoms with Crippen LogP contribution in [0.3, 0.4) is 0 Å². The Morgan fingerprint density at radius 2 is 0.341 bits per heavy atom. The van der Waals surface area contributed by atoms with E-state index in [1.807, 2.05) is 0 Å². The first kappa shape index (κ1) is 51.1. The molecule has 0 aliphatic carbocycles. The molecule has 4 atom stereocenters. The minimum absolute atomic E-state index is 0.551. The fourth-order valence-electron chi connectivity index (χ4n) is 11.3. The number of rotatable bonds is 15. The molecule has 0 radical (unpaired) electrons. The van der Waals surface area contributed by atoms with E-state index in [2.05, 4.69) is 348 Å². The topological polar surface area (TPSA) is 6.48 Å². The van der Waals surface area contributed by atoms with Crippen molar-refractivity contribution >= 4 is 64.3 Å². The molecule has 0 spiro atoms. The van der Waals surface area contributed by atoms with Gasteiger partial charge in [0, 0.05) is 55.3 Å². The van der Waals surface area contributed by atoms with E-state index in [9.17, 15) is 0 Å². The summed E-state index contributed by atoms with van der Waals surface area (Å²) in [5.41, 5.74) is 14.0. The lowest BCUT2D eigenvalue weighted by Crippen LogP contribution is -2.10. The van der Waals surface area contributed by atoms with Crippen LogP contribution in [-0.2, 0) is 0 Å². The molecule has 390 valence electrons. The molecule has 0 aliphatic rings. The van der Waals surface area contributed by atoms with Crippen LogP contribution in [0, 0.1) is 0 Å². The maximum Gasteiger partial charge on any atom is 0.0462 e. The molecule has 2 nitrogen and oxygen atoms in total. The highest BCUT2D eigenvalue weighted by Crippen LogP contribution is 2.54. The van der Waals surface area contributed by atoms with Crippen molar-refractivity contribution in [1.82, 2.24) is 0 Å². The van der Waals surface area contributed by atoms with Gasteiger partial charge in [-0.25, -0.2) is 0 Å². The molecule has 0 aliphatic heterocycles. The number of hydrogen-bond donors (Lipinski definition) is 0. The molecule has 0 bridgehead atoms. The van der Waals surface area contributed by atoms with Crippen LogP contribution in [-0.4, -0.2) is 0 Å². The van der Waals surface area contributed by atoms with E-state index < -0.39 is 30.1 Å². The lowest BCUT2D eigenvalue weighted by molar-refractivity contribution is 1.28. The summed E-state index contributed by atoms with van der Waals surface area (Å²) < 4.78 is 0. The Kier molecular flexibility index (Phi) is 14.4. The molecule has 0 amide bonds. The zero-order valence-electron chi connectivity index (χ0n) is 45.0. The molecule has 6 heteroatoms. The third kappa shape index (κ3) is 10.4. The number of anilines is 6. The summed E-state index contributed by atoms with van der Waals surface area (Å²) in [7, 11) is -2.20. The van der Waals surface area contributed by atoms with Gasteiger partial charge < -0.3 is 9.80 Å². The molecule has 10 aromatic carbocycles. The second kappa shape index (κ2) is 23.2. The predicted octanol–water partition coefficient (Wildman–Crippen LogP) is 24.9. The van der Waals surface area contributed by atoms with E-state index in [1.54, 1.807) is 0 Å². The van der Waals surface area contributed by atoms with Gasteiger partial charge in [0.2, 0.25) is 0 Å². The van der Waals surface area contributed by atoms with E-state index in [1.165, 1.54) is 64.7 Å². The number of hydrogen-bond acceptors (Lipinski definition) is 2. The molecule has 0 fully saturated rings. The first-order chi connectivity index (χ1) is 40.7. The minimum Gasteiger partial charge on any atom is -0.311 e. The molecular formula is C76H56N2P4. The average Bonchev–Trinajstić information content (AvgIpc) is 4.56. The third-order valence-corrected chi connectivity index (χ3v) is 24.4. The van der Waals surface area contributed by atoms with Crippen molar-refractivity contribution in [3.05, 3.63) is 339 Å². The van der Waals surface area contributed by atoms with E-state index in [0.29, 0.717) is 0 Å². The van der Waals surface area contributed by atoms with Crippen molar-refractivity contribution in [2.24, 2.45) is 0 Å². The Bertz CT molecular complexity index is 3840. The quantitative estimate of drug-likeness (QED) is 0.101. The Morgan fingerprint density at radius 1 is 0.159 bits per heavy atom. The monoisotopic (exact) mass is 1120 g/mol. The molecule has 82 heavy (non-hydrogen) atoms. The van der Waals surface area contributed by atoms with Crippen LogP contribution >= 0.6 is 30.1 Å². The normalized spacial score (nSPS) is 12.0. The van der Waals surface area contributed by atoms with Gasteiger partial charge in [-0.15, -0.1) is 0 Å². The molecular weight excluding hydrogens is 1060 g/mol. The third-order valence-electron chi connectivity index (χ3n) is 15.4. The zero-order valence-corrected chi connectivity index (χ0v) is 48.6. The maximum atomic E-state index is 2.39. The summed E-state index contributed by atoms with van der Waals surface area (Å²) in [6.45, 7) is 0. The van der Waals surface area contributed by atoms with Gasteiger partial charge in [0.05, 0.1) is 0 Å². The van der Waals surface area contributed by atoms with E-state index in [-0.39, 0.29) is 0 Å². The second-order valence-corrected chi connectivity index (χ2v) is 28.5. The van der Waals surface area contributed by atoms with Gasteiger partial charge in [-0.2, -0.15) is 0 Å². The molecule has 0 N–H and O–H groups in total. The van der Waals surface area contributed by atoms with Crippen molar-refractivity contribution in [2.75, 3.05) is 9.80 Å². The first-order valence-electron chi connectivity index (χ1n) is 27.8. The van der Waals surface area contributed by atoms with Gasteiger partial charge in [0.1, 0.15) is 0 Å². The first-order valence-corrected chi connectivity index (χ1v) is 33.4. The van der Waals surface area contributed by atoms with Gasteiger partial charge >= 0.3 is 0 Å². The van der Waals surface area contributed by atoms with Crippen LogP contribution in [0.2, 0.25) is 0 Å². The Labute approximate surface area is 485 Å². The van der Waals surface area contributed by atoms with Crippen molar-refractivity contribution in [3.63, 3.8) is 0 Å². The zero-order chi connectivity index (χ0) is 54.6. The number of nitrogens with zero attached hydrogens (tertiary/aromatic N) is 2. The van der Waals surface area contributed by atoms with Gasteiger partial charge in [0.15, 0.2) is 0 Å². The molecule has 0 saturated heterocycles. The van der Waals surface area contributed by atoms with E-state index in [0.717, 1.165) is 45.3 Å². The summed E-state index contributed by atoms with van der Waals surface area (Å²) in [5.74, 6) is 9.47. The van der Waals surface area contributed by atoms with Crippen molar-refractivity contribution in [1.29, 1.82) is 0 Å². The van der Waals surface area contributed by atoms with Crippen LogP contribution in [0.25, 0.3) is 75.8 Å². The molecule has 0 saturated carbocycles. The van der Waals surface area contributed by atoms with Crippen LogP contribution in [0.5, 0.6) is 0 Å². The van der Waals surface area contributed by atoms with Crippen molar-refractivity contribution in [3.8, 4) is 75.8 Å². The summed E-state index contributed by atoms with van der Waals surface area (Å²) in [6, 6.07) is 117. The largest absolute Gasteiger partial charge is 0.311 e. The number of benzene rings is 10. The van der Waals surface area contributed by atoms with Gasteiger partial charge in [-0.05, 0) is 175 Å². The second-order valence-electron chi connectivity index (χ2n) is 20.3. The Morgan fingerprint density at radius 3 is 0.537 bits per heavy atom. The fourth-order valence-corrected chi connectivity index (χ4v) is 19.5. The van der Waals surface area contributed by atoms with Crippen molar-refractivity contribution < 1.29 is 0 Å². The van der Waals surface area contributed by atoms with E-state index >= 15 is 0 Å². The Hall–Kier alpha value is -9.08. The lowest BCUT2D eigenvalue weighted by Gasteiger charge is -2.27.